The first-order chi connectivity index (χ1) is 30.3. The van der Waals surface area contributed by atoms with Crippen molar-refractivity contribution in [1.82, 2.24) is 25.1 Å². The Balaban J connectivity index is 0.000000192. The fourth-order valence-corrected chi connectivity index (χ4v) is 10.8. The van der Waals surface area contributed by atoms with E-state index in [4.69, 9.17) is 4.98 Å². The number of thiazole rings is 1. The van der Waals surface area contributed by atoms with Gasteiger partial charge in [-0.1, -0.05) is 18.6 Å². The van der Waals surface area contributed by atoms with E-state index in [1.807, 2.05) is 0 Å². The number of amides is 4. The minimum atomic E-state index is -4.67. The number of fused-ring (bicyclic) bond motifs is 2. The van der Waals surface area contributed by atoms with Crippen LogP contribution in [0.25, 0.3) is 10.2 Å². The first-order valence-electron chi connectivity index (χ1n) is 21.6. The largest absolute Gasteiger partial charge is 0.433 e. The first-order valence-corrected chi connectivity index (χ1v) is 22.4. The molecule has 0 bridgehead atoms. The Kier molecular flexibility index (Phi) is 13.6. The highest BCUT2D eigenvalue weighted by atomic mass is 32.1. The molecule has 3 unspecified atom stereocenters. The molecule has 3 fully saturated rings. The fourth-order valence-electron chi connectivity index (χ4n) is 9.62. The molecule has 342 valence electrons. The van der Waals surface area contributed by atoms with Crippen molar-refractivity contribution in [3.63, 3.8) is 0 Å². The molecule has 64 heavy (non-hydrogen) atoms. The Morgan fingerprint density at radius 3 is 2.42 bits per heavy atom. The van der Waals surface area contributed by atoms with E-state index in [9.17, 15) is 47.4 Å². The molecule has 2 aliphatic carbocycles. The summed E-state index contributed by atoms with van der Waals surface area (Å²) in [6, 6.07) is 10.7. The molecule has 2 aromatic heterocycles. The van der Waals surface area contributed by atoms with Gasteiger partial charge in [0.25, 0.3) is 17.7 Å². The highest BCUT2D eigenvalue weighted by Gasteiger charge is 2.50. The van der Waals surface area contributed by atoms with Gasteiger partial charge in [-0.3, -0.25) is 24.1 Å². The molecule has 4 aliphatic rings. The number of aliphatic hydroxyl groups excluding tert-OH is 1. The zero-order valence-electron chi connectivity index (χ0n) is 36.3. The Morgan fingerprint density at radius 1 is 1.03 bits per heavy atom. The number of alkyl halides is 3. The average molecular weight is 906 g/mol. The molecule has 4 heterocycles. The number of hydrogen-bond donors (Lipinski definition) is 5. The lowest BCUT2D eigenvalue weighted by atomic mass is 9.57. The van der Waals surface area contributed by atoms with Gasteiger partial charge in [-0.2, -0.15) is 13.2 Å². The predicted octanol–water partition coefficient (Wildman–Crippen LogP) is 6.73. The number of imide groups is 1. The second kappa shape index (κ2) is 18.7. The van der Waals surface area contributed by atoms with Crippen LogP contribution in [0.2, 0.25) is 0 Å². The standard InChI is InChI=1S/C23H24F3N3O3S.C23H30N4O4/c1-22(2,32)14-10-17-18(33-21(29-17)12-5-3-6-13(30)9-12)11-16(14)28-20(31)15-7-4-8-19(27-15)23(24,25)26;1-24-19(29)7-6-16(12-28)27-21(30)17-4-3-5-18(20(17)22(27)31)25-9-8-15-10-23(11-15)13-26(2)14-23/h4,7-8,10-13,30,32H,3,5-6,9H2,1-2H3,(H,28,31);3-5,12,15-16,25H,6-11,13-14H2,1-2H3,(H,24,29). The Labute approximate surface area is 373 Å². The number of aromatic nitrogens is 2. The molecular formula is C46H54F3N7O7S. The molecule has 2 aromatic carbocycles. The summed E-state index contributed by atoms with van der Waals surface area (Å²) in [6.07, 6.45) is 2.57. The summed E-state index contributed by atoms with van der Waals surface area (Å²) < 4.78 is 39.7. The third kappa shape index (κ3) is 10.1. The molecule has 2 saturated carbocycles. The van der Waals surface area contributed by atoms with Crippen molar-refractivity contribution in [3.8, 4) is 0 Å². The lowest BCUT2D eigenvalue weighted by Gasteiger charge is -2.58. The third-order valence-electron chi connectivity index (χ3n) is 12.6. The van der Waals surface area contributed by atoms with Crippen molar-refractivity contribution in [2.75, 3.05) is 44.4 Å². The van der Waals surface area contributed by atoms with Crippen LogP contribution in [0.4, 0.5) is 24.5 Å². The van der Waals surface area contributed by atoms with Crippen LogP contribution in [0.15, 0.2) is 48.5 Å². The molecule has 8 rings (SSSR count). The van der Waals surface area contributed by atoms with Gasteiger partial charge in [-0.25, -0.2) is 9.97 Å². The monoisotopic (exact) mass is 905 g/mol. The van der Waals surface area contributed by atoms with E-state index in [2.05, 4.69) is 32.9 Å². The Bertz CT molecular complexity index is 2420. The van der Waals surface area contributed by atoms with Crippen molar-refractivity contribution in [3.05, 3.63) is 81.6 Å². The van der Waals surface area contributed by atoms with Crippen molar-refractivity contribution in [2.45, 2.75) is 101 Å². The number of aliphatic hydroxyl groups is 2. The molecule has 1 saturated heterocycles. The van der Waals surface area contributed by atoms with E-state index in [0.29, 0.717) is 51.9 Å². The number of pyridine rings is 1. The lowest BCUT2D eigenvalue weighted by molar-refractivity contribution is -0.141. The van der Waals surface area contributed by atoms with Crippen LogP contribution in [0.1, 0.15) is 125 Å². The maximum Gasteiger partial charge on any atom is 0.433 e. The topological polar surface area (TPSA) is 194 Å². The van der Waals surface area contributed by atoms with E-state index < -0.39 is 41.2 Å². The summed E-state index contributed by atoms with van der Waals surface area (Å²) in [5, 5.41) is 30.0. The molecule has 0 radical (unpaired) electrons. The van der Waals surface area contributed by atoms with E-state index in [1.54, 1.807) is 44.2 Å². The summed E-state index contributed by atoms with van der Waals surface area (Å²) in [5.41, 5.74) is 0.246. The van der Waals surface area contributed by atoms with Gasteiger partial charge in [0.15, 0.2) is 0 Å². The van der Waals surface area contributed by atoms with Crippen LogP contribution in [0.3, 0.4) is 0 Å². The summed E-state index contributed by atoms with van der Waals surface area (Å²) in [4.78, 5) is 73.3. The van der Waals surface area contributed by atoms with E-state index in [0.717, 1.165) is 59.0 Å². The normalized spacial score (nSPS) is 20.2. The smallest absolute Gasteiger partial charge is 0.393 e. The quantitative estimate of drug-likeness (QED) is 0.0706. The second-order valence-electron chi connectivity index (χ2n) is 18.1. The number of carbonyl (C=O) groups is 5. The van der Waals surface area contributed by atoms with Crippen molar-refractivity contribution >= 4 is 62.8 Å². The van der Waals surface area contributed by atoms with Crippen molar-refractivity contribution in [2.24, 2.45) is 11.3 Å². The van der Waals surface area contributed by atoms with Crippen molar-refractivity contribution < 1.29 is 47.4 Å². The highest BCUT2D eigenvalue weighted by molar-refractivity contribution is 7.18. The number of likely N-dealkylation sites (tertiary alicyclic amines) is 1. The summed E-state index contributed by atoms with van der Waals surface area (Å²) >= 11 is 1.45. The number of nitrogens with zero attached hydrogens (tertiary/aromatic N) is 4. The Morgan fingerprint density at radius 2 is 1.77 bits per heavy atom. The van der Waals surface area contributed by atoms with Crippen LogP contribution >= 0.6 is 11.3 Å². The van der Waals surface area contributed by atoms with Gasteiger partial charge in [0.2, 0.25) is 5.91 Å². The van der Waals surface area contributed by atoms with E-state index in [1.165, 1.54) is 50.4 Å². The molecule has 14 nitrogen and oxygen atoms in total. The van der Waals surface area contributed by atoms with Gasteiger partial charge in [-0.05, 0) is 114 Å². The summed E-state index contributed by atoms with van der Waals surface area (Å²) in [7, 11) is 3.66. The number of nitrogens with one attached hydrogen (secondary N) is 3. The fraction of sp³-hybridized carbons (Fsp3) is 0.500. The molecular weight excluding hydrogens is 852 g/mol. The SMILES string of the molecule is CC(C)(O)c1cc2nc(C3CCCC(O)C3)sc2cc1NC(=O)c1cccc(C(F)(F)F)n1.CNC(=O)CCC(C=O)N1C(=O)c2cccc(NCCC3CC4(C3)CN(C)C4)c2C1=O. The third-order valence-corrected chi connectivity index (χ3v) is 13.8. The van der Waals surface area contributed by atoms with Crippen LogP contribution < -0.4 is 16.0 Å². The molecule has 4 aromatic rings. The lowest BCUT2D eigenvalue weighted by Crippen LogP contribution is -2.60. The maximum absolute atomic E-state index is 13.1. The molecule has 18 heteroatoms. The summed E-state index contributed by atoms with van der Waals surface area (Å²) in [5.74, 6) is -1.16. The molecule has 3 atom stereocenters. The van der Waals surface area contributed by atoms with Gasteiger partial charge in [0.1, 0.15) is 17.7 Å². The first kappa shape index (κ1) is 46.7. The van der Waals surface area contributed by atoms with Crippen LogP contribution in [-0.2, 0) is 21.4 Å². The van der Waals surface area contributed by atoms with Crippen LogP contribution in [0.5, 0.6) is 0 Å². The van der Waals surface area contributed by atoms with Gasteiger partial charge in [0, 0.05) is 56.0 Å². The number of aldehydes is 1. The number of hydrogen-bond acceptors (Lipinski definition) is 12. The number of carbonyl (C=O) groups excluding carboxylic acids is 5. The minimum Gasteiger partial charge on any atom is -0.393 e. The maximum atomic E-state index is 13.1. The number of rotatable bonds is 13. The van der Waals surface area contributed by atoms with Crippen LogP contribution in [0, 0.1) is 11.3 Å². The van der Waals surface area contributed by atoms with E-state index >= 15 is 0 Å². The number of halogens is 3. The molecule has 5 N–H and O–H groups in total. The molecule has 1 spiro atoms. The van der Waals surface area contributed by atoms with Crippen LogP contribution in [-0.4, -0.2) is 106 Å². The average Bonchev–Trinajstić information content (AvgIpc) is 3.76. The zero-order chi connectivity index (χ0) is 46.1. The molecule has 2 aliphatic heterocycles. The minimum absolute atomic E-state index is 0.0666. The zero-order valence-corrected chi connectivity index (χ0v) is 37.1. The van der Waals surface area contributed by atoms with Gasteiger partial charge in [0.05, 0.1) is 44.1 Å². The number of anilines is 2. The second-order valence-corrected chi connectivity index (χ2v) is 19.2. The van der Waals surface area contributed by atoms with Gasteiger partial charge >= 0.3 is 6.18 Å². The summed E-state index contributed by atoms with van der Waals surface area (Å²) in [6.45, 7) is 6.25. The molecule has 4 amide bonds. The van der Waals surface area contributed by atoms with Gasteiger partial charge in [-0.15, -0.1) is 11.3 Å². The van der Waals surface area contributed by atoms with E-state index in [-0.39, 0.29) is 42.2 Å². The van der Waals surface area contributed by atoms with Gasteiger partial charge < -0.3 is 35.9 Å². The number of benzene rings is 2. The van der Waals surface area contributed by atoms with Crippen molar-refractivity contribution in [1.29, 1.82) is 0 Å². The Hall–Kier alpha value is -5.30. The predicted molar refractivity (Wildman–Crippen MR) is 235 cm³/mol. The highest BCUT2D eigenvalue weighted by Crippen LogP contribution is 2.52.